The van der Waals surface area contributed by atoms with Crippen LogP contribution in [-0.4, -0.2) is 42.0 Å². The first-order valence-corrected chi connectivity index (χ1v) is 6.33. The summed E-state index contributed by atoms with van der Waals surface area (Å²) in [5.41, 5.74) is 0.450. The predicted octanol–water partition coefficient (Wildman–Crippen LogP) is 1.71. The Morgan fingerprint density at radius 3 is 3.06 bits per heavy atom. The predicted molar refractivity (Wildman–Crippen MR) is 67.0 cm³/mol. The van der Waals surface area contributed by atoms with Gasteiger partial charge in [-0.3, -0.25) is 4.79 Å². The fraction of sp³-hybridized carbons (Fsp3) is 0.500. The number of halogens is 1. The lowest BCUT2D eigenvalue weighted by atomic mass is 9.90. The van der Waals surface area contributed by atoms with E-state index in [1.165, 1.54) is 12.1 Å². The molecule has 2 rings (SSSR count). The molecule has 0 aromatic heterocycles. The molecule has 98 valence electrons. The maximum absolute atomic E-state index is 13.1. The van der Waals surface area contributed by atoms with Gasteiger partial charge in [-0.25, -0.2) is 4.39 Å². The average molecular weight is 251 g/mol. The lowest BCUT2D eigenvalue weighted by molar-refractivity contribution is 0.0793. The minimum atomic E-state index is -0.371. The molecule has 1 fully saturated rings. The second kappa shape index (κ2) is 6.07. The molecule has 0 aliphatic carbocycles. The minimum absolute atomic E-state index is 0.0112. The molecule has 1 aliphatic heterocycles. The summed E-state index contributed by atoms with van der Waals surface area (Å²) in [6.07, 6.45) is 1.79. The number of ketones is 1. The van der Waals surface area contributed by atoms with Crippen molar-refractivity contribution >= 4 is 5.78 Å². The zero-order chi connectivity index (χ0) is 13.0. The summed E-state index contributed by atoms with van der Waals surface area (Å²) in [6.45, 7) is 2.30. The minimum Gasteiger partial charge on any atom is -0.395 e. The molecule has 1 unspecified atom stereocenters. The van der Waals surface area contributed by atoms with Crippen molar-refractivity contribution in [2.75, 3.05) is 26.2 Å². The summed E-state index contributed by atoms with van der Waals surface area (Å²) in [4.78, 5) is 14.3. The maximum Gasteiger partial charge on any atom is 0.167 e. The van der Waals surface area contributed by atoms with E-state index in [0.717, 1.165) is 19.4 Å². The van der Waals surface area contributed by atoms with Crippen molar-refractivity contribution in [2.24, 2.45) is 5.92 Å². The fourth-order valence-electron chi connectivity index (χ4n) is 2.49. The standard InChI is InChI=1S/C14H18FNO2/c15-13-5-1-3-11(9-13)14(18)12-4-2-6-16(10-12)7-8-17/h1,3,5,9,12,17H,2,4,6-8,10H2. The molecule has 1 aliphatic rings. The maximum atomic E-state index is 13.1. The number of likely N-dealkylation sites (tertiary alicyclic amines) is 1. The highest BCUT2D eigenvalue weighted by molar-refractivity contribution is 5.98. The largest absolute Gasteiger partial charge is 0.395 e. The first kappa shape index (κ1) is 13.2. The fourth-order valence-corrected chi connectivity index (χ4v) is 2.49. The van der Waals surface area contributed by atoms with Crippen molar-refractivity contribution < 1.29 is 14.3 Å². The van der Waals surface area contributed by atoms with E-state index >= 15 is 0 Å². The number of hydrogen-bond donors (Lipinski definition) is 1. The zero-order valence-electron chi connectivity index (χ0n) is 10.3. The first-order valence-electron chi connectivity index (χ1n) is 6.33. The van der Waals surface area contributed by atoms with Crippen LogP contribution in [0.5, 0.6) is 0 Å². The zero-order valence-corrected chi connectivity index (χ0v) is 10.3. The number of carbonyl (C=O) groups excluding carboxylic acids is 1. The number of aliphatic hydroxyl groups is 1. The molecule has 1 atom stereocenters. The molecule has 1 saturated heterocycles. The molecule has 1 N–H and O–H groups in total. The van der Waals surface area contributed by atoms with Gasteiger partial charge in [0.2, 0.25) is 0 Å². The Bertz CT molecular complexity index is 420. The highest BCUT2D eigenvalue weighted by atomic mass is 19.1. The van der Waals surface area contributed by atoms with Gasteiger partial charge < -0.3 is 10.0 Å². The number of piperidine rings is 1. The summed E-state index contributed by atoms with van der Waals surface area (Å²) in [5.74, 6) is -0.437. The molecular formula is C14H18FNO2. The van der Waals surface area contributed by atoms with Crippen LogP contribution in [-0.2, 0) is 0 Å². The highest BCUT2D eigenvalue weighted by Crippen LogP contribution is 2.21. The normalized spacial score (nSPS) is 20.9. The van der Waals surface area contributed by atoms with Gasteiger partial charge in [-0.15, -0.1) is 0 Å². The highest BCUT2D eigenvalue weighted by Gasteiger charge is 2.26. The van der Waals surface area contributed by atoms with E-state index < -0.39 is 0 Å². The number of rotatable bonds is 4. The quantitative estimate of drug-likeness (QED) is 0.828. The third-order valence-electron chi connectivity index (χ3n) is 3.40. The van der Waals surface area contributed by atoms with Gasteiger partial charge in [-0.05, 0) is 31.5 Å². The second-order valence-electron chi connectivity index (χ2n) is 4.74. The molecule has 18 heavy (non-hydrogen) atoms. The molecule has 1 aromatic rings. The number of nitrogens with zero attached hydrogens (tertiary/aromatic N) is 1. The summed E-state index contributed by atoms with van der Waals surface area (Å²) >= 11 is 0. The average Bonchev–Trinajstić information content (AvgIpc) is 2.39. The first-order chi connectivity index (χ1) is 8.70. The van der Waals surface area contributed by atoms with Crippen molar-refractivity contribution in [3.05, 3.63) is 35.6 Å². The SMILES string of the molecule is O=C(c1cccc(F)c1)C1CCCN(CCO)C1. The molecule has 0 bridgehead atoms. The number of aliphatic hydroxyl groups excluding tert-OH is 1. The van der Waals surface area contributed by atoms with E-state index in [2.05, 4.69) is 4.90 Å². The van der Waals surface area contributed by atoms with Crippen LogP contribution in [0.1, 0.15) is 23.2 Å². The summed E-state index contributed by atoms with van der Waals surface area (Å²) < 4.78 is 13.1. The number of Topliss-reactive ketones (excluding diaryl/α,β-unsaturated/α-hetero) is 1. The molecular weight excluding hydrogens is 233 g/mol. The molecule has 0 radical (unpaired) electrons. The van der Waals surface area contributed by atoms with Gasteiger partial charge in [0.1, 0.15) is 5.82 Å². The van der Waals surface area contributed by atoms with Crippen molar-refractivity contribution in [1.29, 1.82) is 0 Å². The van der Waals surface area contributed by atoms with Crippen molar-refractivity contribution in [1.82, 2.24) is 4.90 Å². The Balaban J connectivity index is 2.04. The van der Waals surface area contributed by atoms with Crippen LogP contribution in [0.15, 0.2) is 24.3 Å². The van der Waals surface area contributed by atoms with Gasteiger partial charge in [0.05, 0.1) is 6.61 Å². The van der Waals surface area contributed by atoms with E-state index in [9.17, 15) is 9.18 Å². The van der Waals surface area contributed by atoms with Gasteiger partial charge in [-0.1, -0.05) is 12.1 Å². The summed E-state index contributed by atoms with van der Waals surface area (Å²) in [5, 5.41) is 8.92. The Morgan fingerprint density at radius 2 is 2.33 bits per heavy atom. The van der Waals surface area contributed by atoms with Gasteiger partial charge in [0.25, 0.3) is 0 Å². The van der Waals surface area contributed by atoms with Gasteiger partial charge >= 0.3 is 0 Å². The Hall–Kier alpha value is -1.26. The molecule has 3 nitrogen and oxygen atoms in total. The van der Waals surface area contributed by atoms with E-state index in [-0.39, 0.29) is 24.1 Å². The van der Waals surface area contributed by atoms with Crippen molar-refractivity contribution in [3.8, 4) is 0 Å². The number of β-amino-alcohol motifs (C(OH)–C–C–N with tert-alkyl or cyclic N) is 1. The third-order valence-corrected chi connectivity index (χ3v) is 3.40. The molecule has 0 saturated carbocycles. The van der Waals surface area contributed by atoms with Crippen LogP contribution in [0.2, 0.25) is 0 Å². The van der Waals surface area contributed by atoms with E-state index in [1.807, 2.05) is 0 Å². The monoisotopic (exact) mass is 251 g/mol. The van der Waals surface area contributed by atoms with E-state index in [4.69, 9.17) is 5.11 Å². The van der Waals surface area contributed by atoms with Crippen LogP contribution in [0, 0.1) is 11.7 Å². The number of carbonyl (C=O) groups is 1. The molecule has 1 heterocycles. The summed E-state index contributed by atoms with van der Waals surface area (Å²) in [6, 6.07) is 5.87. The van der Waals surface area contributed by atoms with Gasteiger partial charge in [0, 0.05) is 24.6 Å². The van der Waals surface area contributed by atoms with Crippen LogP contribution >= 0.6 is 0 Å². The second-order valence-corrected chi connectivity index (χ2v) is 4.74. The lowest BCUT2D eigenvalue weighted by Crippen LogP contribution is -2.40. The lowest BCUT2D eigenvalue weighted by Gasteiger charge is -2.31. The van der Waals surface area contributed by atoms with Gasteiger partial charge in [-0.2, -0.15) is 0 Å². The smallest absolute Gasteiger partial charge is 0.167 e. The number of benzene rings is 1. The van der Waals surface area contributed by atoms with E-state index in [0.29, 0.717) is 18.7 Å². The van der Waals surface area contributed by atoms with E-state index in [1.54, 1.807) is 12.1 Å². The van der Waals surface area contributed by atoms with Crippen LogP contribution in [0.4, 0.5) is 4.39 Å². The molecule has 1 aromatic carbocycles. The topological polar surface area (TPSA) is 40.5 Å². The van der Waals surface area contributed by atoms with Gasteiger partial charge in [0.15, 0.2) is 5.78 Å². The van der Waals surface area contributed by atoms with Crippen molar-refractivity contribution in [2.45, 2.75) is 12.8 Å². The van der Waals surface area contributed by atoms with Crippen LogP contribution < -0.4 is 0 Å². The molecule has 4 heteroatoms. The third kappa shape index (κ3) is 3.15. The Kier molecular flexibility index (Phi) is 4.44. The Labute approximate surface area is 106 Å². The van der Waals surface area contributed by atoms with Crippen LogP contribution in [0.3, 0.4) is 0 Å². The van der Waals surface area contributed by atoms with Crippen LogP contribution in [0.25, 0.3) is 0 Å². The number of hydrogen-bond acceptors (Lipinski definition) is 3. The molecule has 0 amide bonds. The Morgan fingerprint density at radius 1 is 1.50 bits per heavy atom. The summed E-state index contributed by atoms with van der Waals surface area (Å²) in [7, 11) is 0. The van der Waals surface area contributed by atoms with Crippen molar-refractivity contribution in [3.63, 3.8) is 0 Å². The molecule has 0 spiro atoms.